The molecule has 4 rings (SSSR count). The normalized spacial score (nSPS) is 11.7. The van der Waals surface area contributed by atoms with Crippen molar-refractivity contribution < 1.29 is 14.3 Å². The third-order valence-electron chi connectivity index (χ3n) is 4.63. The molecule has 5 nitrogen and oxygen atoms in total. The van der Waals surface area contributed by atoms with Crippen molar-refractivity contribution in [3.05, 3.63) is 89.2 Å². The van der Waals surface area contributed by atoms with Crippen LogP contribution >= 0.6 is 11.3 Å². The number of benzene rings is 3. The molecular formula is C23H18N2O3S. The van der Waals surface area contributed by atoms with Crippen LogP contribution in [-0.2, 0) is 11.3 Å². The lowest BCUT2D eigenvalue weighted by Gasteiger charge is -2.04. The molecule has 0 saturated carbocycles. The molecule has 1 amide bonds. The van der Waals surface area contributed by atoms with E-state index < -0.39 is 5.97 Å². The minimum Gasteiger partial charge on any atom is -0.465 e. The van der Waals surface area contributed by atoms with Crippen LogP contribution in [0.4, 0.5) is 0 Å². The van der Waals surface area contributed by atoms with Crippen LogP contribution in [0.1, 0.15) is 20.7 Å². The van der Waals surface area contributed by atoms with Crippen LogP contribution in [0.15, 0.2) is 78.3 Å². The summed E-state index contributed by atoms with van der Waals surface area (Å²) >= 11 is 1.35. The molecule has 0 bridgehead atoms. The lowest BCUT2D eigenvalue weighted by atomic mass is 10.0. The van der Waals surface area contributed by atoms with Crippen LogP contribution in [0, 0.1) is 0 Å². The molecular weight excluding hydrogens is 384 g/mol. The molecule has 0 saturated heterocycles. The van der Waals surface area contributed by atoms with E-state index >= 15 is 0 Å². The average molecular weight is 402 g/mol. The third-order valence-corrected chi connectivity index (χ3v) is 5.67. The molecule has 0 aliphatic rings. The Kier molecular flexibility index (Phi) is 5.10. The first-order valence-electron chi connectivity index (χ1n) is 9.02. The number of carbonyl (C=O) groups is 2. The quantitative estimate of drug-likeness (QED) is 0.371. The predicted octanol–water partition coefficient (Wildman–Crippen LogP) is 4.57. The second-order valence-electron chi connectivity index (χ2n) is 6.40. The highest BCUT2D eigenvalue weighted by Gasteiger charge is 2.13. The molecule has 0 radical (unpaired) electrons. The fourth-order valence-electron chi connectivity index (χ4n) is 3.27. The second-order valence-corrected chi connectivity index (χ2v) is 7.41. The number of hydrogen-bond donors (Lipinski definition) is 0. The van der Waals surface area contributed by atoms with Crippen molar-refractivity contribution in [3.8, 4) is 0 Å². The summed E-state index contributed by atoms with van der Waals surface area (Å²) in [7, 11) is 1.35. The molecule has 0 atom stereocenters. The van der Waals surface area contributed by atoms with Gasteiger partial charge in [0, 0.05) is 12.1 Å². The number of allylic oxidation sites excluding steroid dienone is 1. The molecule has 6 heteroatoms. The van der Waals surface area contributed by atoms with Gasteiger partial charge < -0.3 is 9.30 Å². The van der Waals surface area contributed by atoms with E-state index in [1.165, 1.54) is 18.4 Å². The van der Waals surface area contributed by atoms with E-state index in [1.54, 1.807) is 24.3 Å². The zero-order valence-corrected chi connectivity index (χ0v) is 16.6. The summed E-state index contributed by atoms with van der Waals surface area (Å²) in [4.78, 5) is 29.8. The maximum Gasteiger partial charge on any atom is 0.337 e. The summed E-state index contributed by atoms with van der Waals surface area (Å²) in [6.07, 6.45) is 1.75. The number of esters is 1. The number of ether oxygens (including phenoxy) is 1. The molecule has 4 aromatic rings. The van der Waals surface area contributed by atoms with Gasteiger partial charge >= 0.3 is 5.97 Å². The van der Waals surface area contributed by atoms with Gasteiger partial charge in [0.15, 0.2) is 4.80 Å². The minimum atomic E-state index is -0.402. The van der Waals surface area contributed by atoms with Gasteiger partial charge in [-0.05, 0) is 35.0 Å². The van der Waals surface area contributed by atoms with Crippen LogP contribution < -0.4 is 4.80 Å². The zero-order chi connectivity index (χ0) is 20.4. The molecule has 0 aliphatic carbocycles. The maximum absolute atomic E-state index is 13.0. The van der Waals surface area contributed by atoms with Crippen molar-refractivity contribution >= 4 is 44.2 Å². The molecule has 0 fully saturated rings. The SMILES string of the molecule is C=CCn1c(=NC(=O)c2cccc3ccccc23)sc2cc(C(=O)OC)ccc21. The maximum atomic E-state index is 13.0. The third kappa shape index (κ3) is 3.50. The molecule has 1 heterocycles. The highest BCUT2D eigenvalue weighted by molar-refractivity contribution is 7.16. The Balaban J connectivity index is 1.88. The van der Waals surface area contributed by atoms with Gasteiger partial charge in [-0.1, -0.05) is 53.8 Å². The number of aromatic nitrogens is 1. The molecule has 3 aromatic carbocycles. The molecule has 0 unspecified atom stereocenters. The van der Waals surface area contributed by atoms with E-state index in [4.69, 9.17) is 4.74 Å². The zero-order valence-electron chi connectivity index (χ0n) is 15.8. The molecule has 0 spiro atoms. The number of carbonyl (C=O) groups excluding carboxylic acids is 2. The van der Waals surface area contributed by atoms with Crippen LogP contribution in [0.3, 0.4) is 0 Å². The lowest BCUT2D eigenvalue weighted by Crippen LogP contribution is -2.16. The Morgan fingerprint density at radius 1 is 1.14 bits per heavy atom. The van der Waals surface area contributed by atoms with Gasteiger partial charge in [0.1, 0.15) is 0 Å². The standard InChI is InChI=1S/C23H18N2O3S/c1-3-13-25-19-12-11-16(22(27)28-2)14-20(19)29-23(25)24-21(26)18-10-6-8-15-7-4-5-9-17(15)18/h3-12,14H,1,13H2,2H3. The molecule has 29 heavy (non-hydrogen) atoms. The number of fused-ring (bicyclic) bond motifs is 2. The summed E-state index contributed by atoms with van der Waals surface area (Å²) in [6, 6.07) is 18.7. The summed E-state index contributed by atoms with van der Waals surface area (Å²) in [5, 5.41) is 1.86. The van der Waals surface area contributed by atoms with Crippen LogP contribution in [0.25, 0.3) is 21.0 Å². The van der Waals surface area contributed by atoms with E-state index in [1.807, 2.05) is 47.0 Å². The Morgan fingerprint density at radius 2 is 1.93 bits per heavy atom. The first kappa shape index (κ1) is 18.8. The number of amides is 1. The largest absolute Gasteiger partial charge is 0.465 e. The fraction of sp³-hybridized carbons (Fsp3) is 0.0870. The van der Waals surface area contributed by atoms with Gasteiger partial charge in [0.2, 0.25) is 0 Å². The van der Waals surface area contributed by atoms with Crippen molar-refractivity contribution in [2.45, 2.75) is 6.54 Å². The minimum absolute atomic E-state index is 0.306. The summed E-state index contributed by atoms with van der Waals surface area (Å²) in [5.74, 6) is -0.708. The highest BCUT2D eigenvalue weighted by atomic mass is 32.1. The van der Waals surface area contributed by atoms with E-state index in [0.717, 1.165) is 21.0 Å². The Labute approximate surface area is 171 Å². The number of rotatable bonds is 4. The van der Waals surface area contributed by atoms with Crippen LogP contribution in [-0.4, -0.2) is 23.6 Å². The van der Waals surface area contributed by atoms with Gasteiger partial charge in [-0.3, -0.25) is 4.79 Å². The first-order chi connectivity index (χ1) is 14.1. The summed E-state index contributed by atoms with van der Waals surface area (Å²) in [5.41, 5.74) is 1.90. The van der Waals surface area contributed by atoms with Gasteiger partial charge in [-0.2, -0.15) is 4.99 Å². The molecule has 0 N–H and O–H groups in total. The van der Waals surface area contributed by atoms with Gasteiger partial charge in [-0.25, -0.2) is 4.79 Å². The Bertz CT molecular complexity index is 1330. The average Bonchev–Trinajstić information content (AvgIpc) is 3.09. The van der Waals surface area contributed by atoms with Crippen LogP contribution in [0.5, 0.6) is 0 Å². The van der Waals surface area contributed by atoms with Crippen molar-refractivity contribution in [2.75, 3.05) is 7.11 Å². The summed E-state index contributed by atoms with van der Waals surface area (Å²) < 4.78 is 7.56. The summed E-state index contributed by atoms with van der Waals surface area (Å²) in [6.45, 7) is 4.30. The number of thiazole rings is 1. The smallest absolute Gasteiger partial charge is 0.337 e. The van der Waals surface area contributed by atoms with Gasteiger partial charge in [-0.15, -0.1) is 6.58 Å². The number of nitrogens with zero attached hydrogens (tertiary/aromatic N) is 2. The van der Waals surface area contributed by atoms with E-state index in [0.29, 0.717) is 22.5 Å². The van der Waals surface area contributed by atoms with Crippen LogP contribution in [0.2, 0.25) is 0 Å². The monoisotopic (exact) mass is 402 g/mol. The fourth-order valence-corrected chi connectivity index (χ4v) is 4.34. The number of hydrogen-bond acceptors (Lipinski definition) is 4. The van der Waals surface area contributed by atoms with E-state index in [9.17, 15) is 9.59 Å². The van der Waals surface area contributed by atoms with Crippen molar-refractivity contribution in [2.24, 2.45) is 4.99 Å². The predicted molar refractivity (Wildman–Crippen MR) is 115 cm³/mol. The second kappa shape index (κ2) is 7.85. The van der Waals surface area contributed by atoms with Gasteiger partial charge in [0.05, 0.1) is 22.9 Å². The van der Waals surface area contributed by atoms with E-state index in [-0.39, 0.29) is 5.91 Å². The Morgan fingerprint density at radius 3 is 2.72 bits per heavy atom. The Hall–Kier alpha value is -3.51. The lowest BCUT2D eigenvalue weighted by molar-refractivity contribution is 0.0601. The molecule has 0 aliphatic heterocycles. The van der Waals surface area contributed by atoms with Crippen molar-refractivity contribution in [1.29, 1.82) is 0 Å². The topological polar surface area (TPSA) is 60.7 Å². The highest BCUT2D eigenvalue weighted by Crippen LogP contribution is 2.22. The number of methoxy groups -OCH3 is 1. The van der Waals surface area contributed by atoms with Crippen molar-refractivity contribution in [1.82, 2.24) is 4.57 Å². The first-order valence-corrected chi connectivity index (χ1v) is 9.83. The molecule has 144 valence electrons. The van der Waals surface area contributed by atoms with Crippen molar-refractivity contribution in [3.63, 3.8) is 0 Å². The molecule has 1 aromatic heterocycles. The van der Waals surface area contributed by atoms with E-state index in [2.05, 4.69) is 11.6 Å². The van der Waals surface area contributed by atoms with Gasteiger partial charge in [0.25, 0.3) is 5.91 Å².